The molecule has 1 rings (SSSR count). The van der Waals surface area contributed by atoms with E-state index in [0.717, 1.165) is 19.8 Å². The van der Waals surface area contributed by atoms with Gasteiger partial charge in [-0.1, -0.05) is 50.3 Å². The minimum Gasteiger partial charge on any atom is -0.374 e. The number of hydrogen-bond donors (Lipinski definition) is 1. The summed E-state index contributed by atoms with van der Waals surface area (Å²) >= 11 is 0. The van der Waals surface area contributed by atoms with E-state index < -0.39 is 5.92 Å². The Balaban J connectivity index is 0.000000609. The van der Waals surface area contributed by atoms with Gasteiger partial charge in [0.25, 0.3) is 5.92 Å². The fourth-order valence-electron chi connectivity index (χ4n) is 2.13. The van der Waals surface area contributed by atoms with Crippen LogP contribution in [0.1, 0.15) is 58.6 Å². The first-order valence-electron chi connectivity index (χ1n) is 8.69. The van der Waals surface area contributed by atoms with Crippen LogP contribution in [0.3, 0.4) is 0 Å². The van der Waals surface area contributed by atoms with Gasteiger partial charge < -0.3 is 10.1 Å². The Morgan fingerprint density at radius 2 is 1.88 bits per heavy atom. The van der Waals surface area contributed by atoms with E-state index in [9.17, 15) is 13.6 Å². The molecular formula is C20H31F2NO2. The van der Waals surface area contributed by atoms with Crippen molar-refractivity contribution in [2.75, 3.05) is 6.54 Å². The molecule has 0 bridgehead atoms. The summed E-state index contributed by atoms with van der Waals surface area (Å²) in [6, 6.07) is 6.56. The molecule has 1 aromatic rings. The van der Waals surface area contributed by atoms with Crippen molar-refractivity contribution in [3.63, 3.8) is 0 Å². The molecule has 5 heteroatoms. The van der Waals surface area contributed by atoms with Crippen molar-refractivity contribution in [2.45, 2.75) is 66.1 Å². The number of halogens is 2. The molecule has 0 aliphatic rings. The summed E-state index contributed by atoms with van der Waals surface area (Å²) in [6.07, 6.45) is 5.74. The number of allylic oxidation sites excluding steroid dienone is 1. The summed E-state index contributed by atoms with van der Waals surface area (Å²) in [5.41, 5.74) is 0.637. The molecule has 0 saturated carbocycles. The van der Waals surface area contributed by atoms with Gasteiger partial charge in [0.1, 0.15) is 0 Å². The topological polar surface area (TPSA) is 38.3 Å². The number of benzene rings is 1. The van der Waals surface area contributed by atoms with Gasteiger partial charge in [-0.2, -0.15) is 0 Å². The van der Waals surface area contributed by atoms with Gasteiger partial charge >= 0.3 is 0 Å². The predicted molar refractivity (Wildman–Crippen MR) is 98.7 cm³/mol. The van der Waals surface area contributed by atoms with Crippen LogP contribution in [0.2, 0.25) is 0 Å². The maximum Gasteiger partial charge on any atom is 0.270 e. The molecule has 0 aliphatic heterocycles. The zero-order valence-electron chi connectivity index (χ0n) is 15.9. The van der Waals surface area contributed by atoms with Gasteiger partial charge in [0.15, 0.2) is 0 Å². The lowest BCUT2D eigenvalue weighted by atomic mass is 10.0. The summed E-state index contributed by atoms with van der Waals surface area (Å²) in [6.45, 7) is 9.31. The second-order valence-electron chi connectivity index (χ2n) is 5.80. The molecule has 0 atom stereocenters. The van der Waals surface area contributed by atoms with Crippen LogP contribution in [0.4, 0.5) is 8.78 Å². The normalized spacial score (nSPS) is 11.4. The second-order valence-corrected chi connectivity index (χ2v) is 5.80. The lowest BCUT2D eigenvalue weighted by Gasteiger charge is -2.18. The van der Waals surface area contributed by atoms with E-state index >= 15 is 0 Å². The van der Waals surface area contributed by atoms with Crippen molar-refractivity contribution in [1.29, 1.82) is 0 Å². The largest absolute Gasteiger partial charge is 0.374 e. The highest BCUT2D eigenvalue weighted by Crippen LogP contribution is 2.30. The Labute approximate surface area is 150 Å². The fraction of sp³-hybridized carbons (Fsp3) is 0.550. The minimum atomic E-state index is -2.81. The van der Waals surface area contributed by atoms with Crippen LogP contribution >= 0.6 is 0 Å². The standard InChI is InChI=1S/C14H20F2O.C6H11NO/c1-4-12(5-2)17-10-11-8-6-7-9-13(11)14(3,15)16;1-3-4-5-7-6(2)8/h6-9,12H,4-5,10H2,1-3H3;3-4H,5H2,1-2H3,(H,7,8)/b;4-3+. The molecule has 0 aliphatic carbocycles. The van der Waals surface area contributed by atoms with Gasteiger partial charge in [-0.3, -0.25) is 4.79 Å². The lowest BCUT2D eigenvalue weighted by molar-refractivity contribution is -0.118. The average molecular weight is 355 g/mol. The smallest absolute Gasteiger partial charge is 0.270 e. The van der Waals surface area contributed by atoms with E-state index in [0.29, 0.717) is 12.1 Å². The monoisotopic (exact) mass is 355 g/mol. The highest BCUT2D eigenvalue weighted by Gasteiger charge is 2.27. The highest BCUT2D eigenvalue weighted by molar-refractivity contribution is 5.72. The average Bonchev–Trinajstić information content (AvgIpc) is 2.56. The molecule has 0 saturated heterocycles. The van der Waals surface area contributed by atoms with Crippen molar-refractivity contribution < 1.29 is 18.3 Å². The van der Waals surface area contributed by atoms with Crippen molar-refractivity contribution in [2.24, 2.45) is 0 Å². The Kier molecular flexibility index (Phi) is 11.7. The number of carbonyl (C=O) groups is 1. The number of amides is 1. The third kappa shape index (κ3) is 10.7. The molecule has 0 spiro atoms. The number of ether oxygens (including phenoxy) is 1. The number of carbonyl (C=O) groups excluding carboxylic acids is 1. The van der Waals surface area contributed by atoms with Gasteiger partial charge in [0.2, 0.25) is 5.91 Å². The minimum absolute atomic E-state index is 0.0168. The van der Waals surface area contributed by atoms with Crippen LogP contribution < -0.4 is 5.32 Å². The van der Waals surface area contributed by atoms with E-state index in [-0.39, 0.29) is 24.2 Å². The summed E-state index contributed by atoms with van der Waals surface area (Å²) in [5.74, 6) is -2.79. The Bertz CT molecular complexity index is 521. The first kappa shape index (κ1) is 23.2. The third-order valence-electron chi connectivity index (χ3n) is 3.58. The molecule has 1 aromatic carbocycles. The maximum atomic E-state index is 13.3. The second kappa shape index (κ2) is 12.6. The Morgan fingerprint density at radius 3 is 2.36 bits per heavy atom. The molecule has 0 aromatic heterocycles. The van der Waals surface area contributed by atoms with Crippen molar-refractivity contribution in [3.8, 4) is 0 Å². The van der Waals surface area contributed by atoms with Gasteiger partial charge in [-0.05, 0) is 25.3 Å². The van der Waals surface area contributed by atoms with Gasteiger partial charge in [-0.15, -0.1) is 0 Å². The molecule has 3 nitrogen and oxygen atoms in total. The molecule has 0 heterocycles. The summed E-state index contributed by atoms with van der Waals surface area (Å²) in [5, 5.41) is 2.62. The zero-order chi connectivity index (χ0) is 19.3. The molecule has 1 amide bonds. The molecule has 142 valence electrons. The van der Waals surface area contributed by atoms with E-state index in [1.165, 1.54) is 13.0 Å². The summed E-state index contributed by atoms with van der Waals surface area (Å²) < 4.78 is 32.3. The fourth-order valence-corrected chi connectivity index (χ4v) is 2.13. The van der Waals surface area contributed by atoms with E-state index in [4.69, 9.17) is 4.74 Å². The Hall–Kier alpha value is -1.75. The summed E-state index contributed by atoms with van der Waals surface area (Å²) in [7, 11) is 0. The molecule has 1 N–H and O–H groups in total. The van der Waals surface area contributed by atoms with Crippen molar-refractivity contribution in [3.05, 3.63) is 47.5 Å². The van der Waals surface area contributed by atoms with E-state index in [1.807, 2.05) is 32.9 Å². The molecule has 0 fully saturated rings. The maximum absolute atomic E-state index is 13.3. The molecular weight excluding hydrogens is 324 g/mol. The Morgan fingerprint density at radius 1 is 1.28 bits per heavy atom. The van der Waals surface area contributed by atoms with Crippen LogP contribution in [0.25, 0.3) is 0 Å². The first-order chi connectivity index (χ1) is 11.8. The van der Waals surface area contributed by atoms with Crippen molar-refractivity contribution >= 4 is 5.91 Å². The van der Waals surface area contributed by atoms with Crippen LogP contribution in [0.5, 0.6) is 0 Å². The van der Waals surface area contributed by atoms with Gasteiger partial charge in [-0.25, -0.2) is 8.78 Å². The zero-order valence-corrected chi connectivity index (χ0v) is 15.9. The van der Waals surface area contributed by atoms with E-state index in [1.54, 1.807) is 18.2 Å². The van der Waals surface area contributed by atoms with E-state index in [2.05, 4.69) is 5.32 Å². The quantitative estimate of drug-likeness (QED) is 0.651. The SMILES string of the molecule is C/C=C/CNC(C)=O.CCC(CC)OCc1ccccc1C(C)(F)F. The van der Waals surface area contributed by atoms with Gasteiger partial charge in [0.05, 0.1) is 12.7 Å². The van der Waals surface area contributed by atoms with Crippen LogP contribution in [0.15, 0.2) is 36.4 Å². The summed E-state index contributed by atoms with van der Waals surface area (Å²) in [4.78, 5) is 10.2. The van der Waals surface area contributed by atoms with Crippen LogP contribution in [0, 0.1) is 0 Å². The van der Waals surface area contributed by atoms with Crippen molar-refractivity contribution in [1.82, 2.24) is 5.32 Å². The predicted octanol–water partition coefficient (Wildman–Crippen LogP) is 5.20. The highest BCUT2D eigenvalue weighted by atomic mass is 19.3. The van der Waals surface area contributed by atoms with Crippen LogP contribution in [-0.2, 0) is 22.1 Å². The number of alkyl halides is 2. The first-order valence-corrected chi connectivity index (χ1v) is 8.69. The third-order valence-corrected chi connectivity index (χ3v) is 3.58. The van der Waals surface area contributed by atoms with Crippen LogP contribution in [-0.4, -0.2) is 18.6 Å². The number of hydrogen-bond acceptors (Lipinski definition) is 2. The number of nitrogens with one attached hydrogen (secondary N) is 1. The number of rotatable bonds is 8. The molecule has 0 radical (unpaired) electrons. The van der Waals surface area contributed by atoms with Gasteiger partial charge in [0, 0.05) is 26.0 Å². The molecule has 25 heavy (non-hydrogen) atoms. The lowest BCUT2D eigenvalue weighted by Crippen LogP contribution is -2.19. The molecule has 0 unspecified atom stereocenters.